The first-order valence-corrected chi connectivity index (χ1v) is 11.8. The monoisotopic (exact) mass is 412 g/mol. The summed E-state index contributed by atoms with van der Waals surface area (Å²) in [4.78, 5) is 15.4. The second-order valence-corrected chi connectivity index (χ2v) is 10.1. The van der Waals surface area contributed by atoms with E-state index < -0.39 is 10.0 Å². The van der Waals surface area contributed by atoms with Crippen molar-refractivity contribution in [3.8, 4) is 0 Å². The lowest BCUT2D eigenvalue weighted by Crippen LogP contribution is -2.58. The molecular weight excluding hydrogens is 384 g/mol. The van der Waals surface area contributed by atoms with Crippen LogP contribution in [0.5, 0.6) is 0 Å². The van der Waals surface area contributed by atoms with Gasteiger partial charge >= 0.3 is 0 Å². The minimum atomic E-state index is -3.53. The van der Waals surface area contributed by atoms with Crippen LogP contribution in [-0.2, 0) is 21.2 Å². The SMILES string of the molecule is O=C(CCc1ccccc1)N1CCC[C@@]12CCCN(S(=O)(=O)c1ccccc1)C2. The lowest BCUT2D eigenvalue weighted by molar-refractivity contribution is -0.136. The molecule has 0 N–H and O–H groups in total. The van der Waals surface area contributed by atoms with Gasteiger partial charge in [-0.2, -0.15) is 4.31 Å². The topological polar surface area (TPSA) is 57.7 Å². The number of hydrogen-bond acceptors (Lipinski definition) is 3. The molecule has 0 unspecified atom stereocenters. The van der Waals surface area contributed by atoms with Gasteiger partial charge in [0.2, 0.25) is 15.9 Å². The maximum absolute atomic E-state index is 13.1. The fourth-order valence-electron chi connectivity index (χ4n) is 4.80. The van der Waals surface area contributed by atoms with Crippen molar-refractivity contribution < 1.29 is 13.2 Å². The number of carbonyl (C=O) groups excluding carboxylic acids is 1. The van der Waals surface area contributed by atoms with Gasteiger partial charge in [-0.3, -0.25) is 4.79 Å². The molecule has 2 aliphatic rings. The smallest absolute Gasteiger partial charge is 0.243 e. The number of piperidine rings is 1. The van der Waals surface area contributed by atoms with Gasteiger partial charge in [0.15, 0.2) is 0 Å². The van der Waals surface area contributed by atoms with E-state index in [-0.39, 0.29) is 11.4 Å². The van der Waals surface area contributed by atoms with Crippen LogP contribution in [0, 0.1) is 0 Å². The van der Waals surface area contributed by atoms with Crippen LogP contribution in [0.1, 0.15) is 37.7 Å². The van der Waals surface area contributed by atoms with E-state index in [0.29, 0.717) is 24.4 Å². The molecule has 2 aromatic rings. The molecule has 1 atom stereocenters. The van der Waals surface area contributed by atoms with Crippen molar-refractivity contribution in [1.29, 1.82) is 0 Å². The Hall–Kier alpha value is -2.18. The summed E-state index contributed by atoms with van der Waals surface area (Å²) in [5, 5.41) is 0. The summed E-state index contributed by atoms with van der Waals surface area (Å²) in [7, 11) is -3.53. The van der Waals surface area contributed by atoms with Gasteiger partial charge < -0.3 is 4.90 Å². The molecule has 0 aromatic heterocycles. The number of likely N-dealkylation sites (tertiary alicyclic amines) is 1. The zero-order valence-corrected chi connectivity index (χ0v) is 17.5. The Kier molecular flexibility index (Phi) is 5.74. The molecule has 2 heterocycles. The second-order valence-electron chi connectivity index (χ2n) is 8.11. The molecule has 0 saturated carbocycles. The van der Waals surface area contributed by atoms with E-state index >= 15 is 0 Å². The first-order chi connectivity index (χ1) is 14.0. The van der Waals surface area contributed by atoms with Gasteiger partial charge in [0.1, 0.15) is 0 Å². The van der Waals surface area contributed by atoms with E-state index in [4.69, 9.17) is 0 Å². The third kappa shape index (κ3) is 4.09. The molecule has 1 spiro atoms. The van der Waals surface area contributed by atoms with Gasteiger partial charge in [0.25, 0.3) is 0 Å². The molecule has 1 amide bonds. The fourth-order valence-corrected chi connectivity index (χ4v) is 6.38. The van der Waals surface area contributed by atoms with Crippen molar-refractivity contribution >= 4 is 15.9 Å². The number of aryl methyl sites for hydroxylation is 1. The molecule has 5 nitrogen and oxygen atoms in total. The van der Waals surface area contributed by atoms with E-state index in [9.17, 15) is 13.2 Å². The minimum absolute atomic E-state index is 0.144. The Bertz CT molecular complexity index is 947. The lowest BCUT2D eigenvalue weighted by Gasteiger charge is -2.45. The van der Waals surface area contributed by atoms with E-state index in [0.717, 1.165) is 44.2 Å². The molecular formula is C23H28N2O3S. The zero-order valence-electron chi connectivity index (χ0n) is 16.7. The Morgan fingerprint density at radius 3 is 2.21 bits per heavy atom. The third-order valence-corrected chi connectivity index (χ3v) is 8.13. The van der Waals surface area contributed by atoms with Gasteiger partial charge in [0, 0.05) is 26.1 Å². The van der Waals surface area contributed by atoms with E-state index in [1.165, 1.54) is 0 Å². The van der Waals surface area contributed by atoms with Gasteiger partial charge in [-0.15, -0.1) is 0 Å². The largest absolute Gasteiger partial charge is 0.336 e. The first kappa shape index (κ1) is 20.1. The number of benzene rings is 2. The molecule has 0 radical (unpaired) electrons. The standard InChI is InChI=1S/C23H28N2O3S/c26-22(14-13-20-9-3-1-4-10-20)25-18-8-16-23(25)15-7-17-24(19-23)29(27,28)21-11-5-2-6-12-21/h1-6,9-12H,7-8,13-19H2/t23-/m1/s1. The second kappa shape index (κ2) is 8.28. The molecule has 6 heteroatoms. The van der Waals surface area contributed by atoms with Crippen LogP contribution in [0.2, 0.25) is 0 Å². The molecule has 4 rings (SSSR count). The van der Waals surface area contributed by atoms with E-state index in [2.05, 4.69) is 0 Å². The van der Waals surface area contributed by atoms with E-state index in [1.807, 2.05) is 41.3 Å². The number of amides is 1. The Labute approximate surface area is 173 Å². The zero-order chi connectivity index (χ0) is 20.3. The van der Waals surface area contributed by atoms with Crippen LogP contribution in [0.15, 0.2) is 65.6 Å². The minimum Gasteiger partial charge on any atom is -0.336 e. The summed E-state index contributed by atoms with van der Waals surface area (Å²) in [6, 6.07) is 18.7. The van der Waals surface area contributed by atoms with Crippen molar-refractivity contribution in [1.82, 2.24) is 9.21 Å². The predicted molar refractivity (Wildman–Crippen MR) is 113 cm³/mol. The number of hydrogen-bond donors (Lipinski definition) is 0. The van der Waals surface area contributed by atoms with Crippen molar-refractivity contribution in [2.45, 2.75) is 49.0 Å². The average Bonchev–Trinajstić information content (AvgIpc) is 3.16. The van der Waals surface area contributed by atoms with Gasteiger partial charge in [-0.25, -0.2) is 8.42 Å². The predicted octanol–water partition coefficient (Wildman–Crippen LogP) is 3.47. The van der Waals surface area contributed by atoms with Crippen LogP contribution in [0.3, 0.4) is 0 Å². The van der Waals surface area contributed by atoms with Crippen LogP contribution < -0.4 is 0 Å². The summed E-state index contributed by atoms with van der Waals surface area (Å²) in [6.45, 7) is 1.65. The highest BCUT2D eigenvalue weighted by atomic mass is 32.2. The molecule has 154 valence electrons. The Morgan fingerprint density at radius 2 is 1.52 bits per heavy atom. The van der Waals surface area contributed by atoms with Crippen LogP contribution in [0.4, 0.5) is 0 Å². The highest BCUT2D eigenvalue weighted by Gasteiger charge is 2.48. The van der Waals surface area contributed by atoms with Crippen molar-refractivity contribution in [3.05, 3.63) is 66.2 Å². The third-order valence-electron chi connectivity index (χ3n) is 6.27. The molecule has 0 bridgehead atoms. The molecule has 2 fully saturated rings. The van der Waals surface area contributed by atoms with Crippen molar-refractivity contribution in [2.24, 2.45) is 0 Å². The Balaban J connectivity index is 1.49. The van der Waals surface area contributed by atoms with Crippen LogP contribution in [0.25, 0.3) is 0 Å². The summed E-state index contributed by atoms with van der Waals surface area (Å²) in [6.07, 6.45) is 4.68. The number of rotatable bonds is 5. The fraction of sp³-hybridized carbons (Fsp3) is 0.435. The number of sulfonamides is 1. The highest BCUT2D eigenvalue weighted by molar-refractivity contribution is 7.89. The summed E-state index contributed by atoms with van der Waals surface area (Å²) >= 11 is 0. The normalized spacial score (nSPS) is 22.8. The highest BCUT2D eigenvalue weighted by Crippen LogP contribution is 2.39. The molecule has 2 aromatic carbocycles. The number of nitrogens with zero attached hydrogens (tertiary/aromatic N) is 2. The molecule has 0 aliphatic carbocycles. The van der Waals surface area contributed by atoms with Gasteiger partial charge in [-0.05, 0) is 49.8 Å². The van der Waals surface area contributed by atoms with Crippen molar-refractivity contribution in [2.75, 3.05) is 19.6 Å². The van der Waals surface area contributed by atoms with Gasteiger partial charge in [-0.1, -0.05) is 48.5 Å². The molecule has 2 aliphatic heterocycles. The van der Waals surface area contributed by atoms with Crippen LogP contribution >= 0.6 is 0 Å². The Morgan fingerprint density at radius 1 is 0.897 bits per heavy atom. The first-order valence-electron chi connectivity index (χ1n) is 10.4. The quantitative estimate of drug-likeness (QED) is 0.756. The summed E-state index contributed by atoms with van der Waals surface area (Å²) in [5.41, 5.74) is 0.805. The molecule has 29 heavy (non-hydrogen) atoms. The average molecular weight is 413 g/mol. The summed E-state index contributed by atoms with van der Waals surface area (Å²) < 4.78 is 27.9. The van der Waals surface area contributed by atoms with E-state index in [1.54, 1.807) is 28.6 Å². The maximum Gasteiger partial charge on any atom is 0.243 e. The van der Waals surface area contributed by atoms with Gasteiger partial charge in [0.05, 0.1) is 10.4 Å². The van der Waals surface area contributed by atoms with Crippen LogP contribution in [-0.4, -0.2) is 48.7 Å². The lowest BCUT2D eigenvalue weighted by atomic mass is 9.87. The maximum atomic E-state index is 13.1. The summed E-state index contributed by atoms with van der Waals surface area (Å²) in [5.74, 6) is 0.144. The number of carbonyl (C=O) groups is 1. The molecule has 2 saturated heterocycles. The van der Waals surface area contributed by atoms with Crippen molar-refractivity contribution in [3.63, 3.8) is 0 Å².